The fourth-order valence-corrected chi connectivity index (χ4v) is 2.34. The smallest absolute Gasteiger partial charge is 0.241 e. The lowest BCUT2D eigenvalue weighted by Crippen LogP contribution is -2.38. The molecule has 1 heterocycles. The molecule has 0 saturated carbocycles. The average molecular weight is 242 g/mol. The summed E-state index contributed by atoms with van der Waals surface area (Å²) >= 11 is 0. The Morgan fingerprint density at radius 3 is 2.71 bits per heavy atom. The summed E-state index contributed by atoms with van der Waals surface area (Å²) in [4.78, 5) is 14.2. The van der Waals surface area contributed by atoms with E-state index in [9.17, 15) is 4.79 Å². The van der Waals surface area contributed by atoms with Gasteiger partial charge in [-0.3, -0.25) is 10.1 Å². The molecule has 4 nitrogen and oxygen atoms in total. The van der Waals surface area contributed by atoms with Gasteiger partial charge in [0, 0.05) is 20.3 Å². The Labute approximate surface area is 105 Å². The molecule has 0 aromatic heterocycles. The number of rotatable bonds is 7. The van der Waals surface area contributed by atoms with Gasteiger partial charge in [0.2, 0.25) is 5.91 Å². The van der Waals surface area contributed by atoms with Crippen LogP contribution < -0.4 is 5.32 Å². The van der Waals surface area contributed by atoms with Crippen molar-refractivity contribution in [3.63, 3.8) is 0 Å². The van der Waals surface area contributed by atoms with Crippen LogP contribution in [-0.4, -0.2) is 43.3 Å². The third-order valence-electron chi connectivity index (χ3n) is 3.27. The average Bonchev–Trinajstić information content (AvgIpc) is 2.58. The van der Waals surface area contributed by atoms with Gasteiger partial charge in [0.15, 0.2) is 0 Å². The molecule has 1 saturated heterocycles. The first kappa shape index (κ1) is 14.5. The Kier molecular flexibility index (Phi) is 5.92. The third kappa shape index (κ3) is 3.68. The van der Waals surface area contributed by atoms with Gasteiger partial charge in [0.1, 0.15) is 0 Å². The number of nitrogens with one attached hydrogen (secondary N) is 1. The predicted molar refractivity (Wildman–Crippen MR) is 68.7 cm³/mol. The van der Waals surface area contributed by atoms with Gasteiger partial charge in [-0.25, -0.2) is 0 Å². The number of ether oxygens (including phenoxy) is 1. The molecule has 2 unspecified atom stereocenters. The van der Waals surface area contributed by atoms with Crippen molar-refractivity contribution in [2.24, 2.45) is 5.92 Å². The van der Waals surface area contributed by atoms with Crippen LogP contribution in [0.4, 0.5) is 0 Å². The van der Waals surface area contributed by atoms with E-state index < -0.39 is 0 Å². The van der Waals surface area contributed by atoms with Crippen LogP contribution in [0.5, 0.6) is 0 Å². The van der Waals surface area contributed by atoms with Crippen molar-refractivity contribution in [2.75, 3.05) is 20.3 Å². The first-order chi connectivity index (χ1) is 8.11. The van der Waals surface area contributed by atoms with Gasteiger partial charge >= 0.3 is 0 Å². The van der Waals surface area contributed by atoms with Gasteiger partial charge in [0.25, 0.3) is 0 Å². The van der Waals surface area contributed by atoms with Crippen LogP contribution in [0, 0.1) is 5.92 Å². The number of hydrogen-bond acceptors (Lipinski definition) is 3. The van der Waals surface area contributed by atoms with Crippen molar-refractivity contribution in [1.82, 2.24) is 10.2 Å². The molecule has 1 aliphatic rings. The number of nitrogens with zero attached hydrogens (tertiary/aromatic N) is 1. The van der Waals surface area contributed by atoms with E-state index in [4.69, 9.17) is 4.74 Å². The van der Waals surface area contributed by atoms with E-state index in [0.29, 0.717) is 5.92 Å². The second-order valence-corrected chi connectivity index (χ2v) is 5.07. The van der Waals surface area contributed by atoms with E-state index in [-0.39, 0.29) is 18.1 Å². The summed E-state index contributed by atoms with van der Waals surface area (Å²) in [6.45, 7) is 7.86. The molecule has 2 atom stereocenters. The van der Waals surface area contributed by atoms with Gasteiger partial charge in [-0.2, -0.15) is 0 Å². The van der Waals surface area contributed by atoms with Gasteiger partial charge in [-0.1, -0.05) is 27.2 Å². The molecule has 0 aromatic rings. The molecule has 1 N–H and O–H groups in total. The summed E-state index contributed by atoms with van der Waals surface area (Å²) in [5, 5.41) is 3.45. The van der Waals surface area contributed by atoms with E-state index in [1.165, 1.54) is 0 Å². The zero-order valence-electron chi connectivity index (χ0n) is 11.5. The van der Waals surface area contributed by atoms with Crippen molar-refractivity contribution < 1.29 is 9.53 Å². The number of methoxy groups -OCH3 is 1. The number of carbonyl (C=O) groups excluding carboxylic acids is 1. The molecule has 1 fully saturated rings. The molecule has 4 heteroatoms. The molecular weight excluding hydrogens is 216 g/mol. The summed E-state index contributed by atoms with van der Waals surface area (Å²) in [7, 11) is 1.70. The van der Waals surface area contributed by atoms with Crippen LogP contribution in [-0.2, 0) is 9.53 Å². The Balaban J connectivity index is 2.58. The summed E-state index contributed by atoms with van der Waals surface area (Å²) in [6, 6.07) is -0.00547. The molecule has 17 heavy (non-hydrogen) atoms. The highest BCUT2D eigenvalue weighted by Gasteiger charge is 2.39. The SMILES string of the molecule is CCCC1NC(C(C)C)C(=O)N1CCCOC. The molecule has 0 aliphatic carbocycles. The lowest BCUT2D eigenvalue weighted by atomic mass is 10.1. The van der Waals surface area contributed by atoms with Gasteiger partial charge < -0.3 is 9.64 Å². The lowest BCUT2D eigenvalue weighted by Gasteiger charge is -2.23. The van der Waals surface area contributed by atoms with E-state index >= 15 is 0 Å². The molecule has 0 spiro atoms. The summed E-state index contributed by atoms with van der Waals surface area (Å²) in [5.74, 6) is 0.615. The molecule has 0 aromatic carbocycles. The number of carbonyl (C=O) groups is 1. The lowest BCUT2D eigenvalue weighted by molar-refractivity contribution is -0.131. The highest BCUT2D eigenvalue weighted by molar-refractivity contribution is 5.84. The normalized spacial score (nSPS) is 25.0. The summed E-state index contributed by atoms with van der Waals surface area (Å²) in [5.41, 5.74) is 0. The van der Waals surface area contributed by atoms with Crippen LogP contribution >= 0.6 is 0 Å². The van der Waals surface area contributed by atoms with Gasteiger partial charge in [0.05, 0.1) is 12.2 Å². The van der Waals surface area contributed by atoms with Crippen molar-refractivity contribution >= 4 is 5.91 Å². The van der Waals surface area contributed by atoms with E-state index in [1.54, 1.807) is 7.11 Å². The standard InChI is InChI=1S/C13H26N2O2/c1-5-7-11-14-12(10(2)3)13(16)15(11)8-6-9-17-4/h10-12,14H,5-9H2,1-4H3. The van der Waals surface area contributed by atoms with E-state index in [0.717, 1.165) is 32.4 Å². The second kappa shape index (κ2) is 6.97. The first-order valence-electron chi connectivity index (χ1n) is 6.67. The van der Waals surface area contributed by atoms with Crippen molar-refractivity contribution in [1.29, 1.82) is 0 Å². The van der Waals surface area contributed by atoms with Gasteiger partial charge in [-0.05, 0) is 18.8 Å². The monoisotopic (exact) mass is 242 g/mol. The number of hydrogen-bond donors (Lipinski definition) is 1. The minimum absolute atomic E-state index is 0.00547. The molecule has 1 aliphatic heterocycles. The highest BCUT2D eigenvalue weighted by Crippen LogP contribution is 2.20. The molecule has 0 bridgehead atoms. The number of amides is 1. The van der Waals surface area contributed by atoms with Crippen LogP contribution in [0.1, 0.15) is 40.0 Å². The largest absolute Gasteiger partial charge is 0.385 e. The molecule has 0 radical (unpaired) electrons. The Morgan fingerprint density at radius 1 is 1.47 bits per heavy atom. The Morgan fingerprint density at radius 2 is 2.18 bits per heavy atom. The zero-order valence-corrected chi connectivity index (χ0v) is 11.5. The highest BCUT2D eigenvalue weighted by atomic mass is 16.5. The van der Waals surface area contributed by atoms with E-state index in [2.05, 4.69) is 26.1 Å². The molecule has 1 amide bonds. The maximum absolute atomic E-state index is 12.2. The fraction of sp³-hybridized carbons (Fsp3) is 0.923. The van der Waals surface area contributed by atoms with Crippen LogP contribution in [0.25, 0.3) is 0 Å². The molecule has 1 rings (SSSR count). The van der Waals surface area contributed by atoms with E-state index in [1.807, 2.05) is 4.90 Å². The Bertz CT molecular complexity index is 244. The van der Waals surface area contributed by atoms with Crippen LogP contribution in [0.15, 0.2) is 0 Å². The van der Waals surface area contributed by atoms with Gasteiger partial charge in [-0.15, -0.1) is 0 Å². The zero-order chi connectivity index (χ0) is 12.8. The molecular formula is C13H26N2O2. The van der Waals surface area contributed by atoms with Crippen molar-refractivity contribution in [2.45, 2.75) is 52.2 Å². The topological polar surface area (TPSA) is 41.6 Å². The maximum Gasteiger partial charge on any atom is 0.241 e. The molecule has 100 valence electrons. The quantitative estimate of drug-likeness (QED) is 0.690. The summed E-state index contributed by atoms with van der Waals surface area (Å²) < 4.78 is 5.05. The third-order valence-corrected chi connectivity index (χ3v) is 3.27. The minimum atomic E-state index is -0.00547. The van der Waals surface area contributed by atoms with Crippen LogP contribution in [0.3, 0.4) is 0 Å². The Hall–Kier alpha value is -0.610. The van der Waals surface area contributed by atoms with Crippen molar-refractivity contribution in [3.8, 4) is 0 Å². The predicted octanol–water partition coefficient (Wildman–Crippen LogP) is 1.61. The van der Waals surface area contributed by atoms with Crippen molar-refractivity contribution in [3.05, 3.63) is 0 Å². The second-order valence-electron chi connectivity index (χ2n) is 5.07. The first-order valence-corrected chi connectivity index (χ1v) is 6.67. The minimum Gasteiger partial charge on any atom is -0.385 e. The van der Waals surface area contributed by atoms with Crippen LogP contribution in [0.2, 0.25) is 0 Å². The summed E-state index contributed by atoms with van der Waals surface area (Å²) in [6.07, 6.45) is 3.25. The fourth-order valence-electron chi connectivity index (χ4n) is 2.34. The maximum atomic E-state index is 12.2.